The molecule has 0 saturated heterocycles. The lowest BCUT2D eigenvalue weighted by atomic mass is 10.1. The number of rotatable bonds is 8. The number of para-hydroxylation sites is 1. The third-order valence-electron chi connectivity index (χ3n) is 3.14. The Morgan fingerprint density at radius 3 is 2.43 bits per heavy atom. The van der Waals surface area contributed by atoms with Crippen molar-refractivity contribution in [3.63, 3.8) is 0 Å². The molecule has 23 heavy (non-hydrogen) atoms. The molecule has 128 valence electrons. The van der Waals surface area contributed by atoms with Crippen LogP contribution >= 0.6 is 0 Å². The van der Waals surface area contributed by atoms with E-state index in [1.165, 1.54) is 23.1 Å². The van der Waals surface area contributed by atoms with Gasteiger partial charge in [0.15, 0.2) is 0 Å². The number of ether oxygens (including phenoxy) is 1. The number of alkyl halides is 3. The zero-order valence-corrected chi connectivity index (χ0v) is 12.6. The van der Waals surface area contributed by atoms with Gasteiger partial charge in [0, 0.05) is 19.5 Å². The van der Waals surface area contributed by atoms with Crippen molar-refractivity contribution < 1.29 is 32.6 Å². The minimum absolute atomic E-state index is 0.0221. The third-order valence-corrected chi connectivity index (χ3v) is 3.14. The Labute approximate surface area is 131 Å². The molecule has 0 atom stereocenters. The van der Waals surface area contributed by atoms with Crippen LogP contribution in [0.5, 0.6) is 5.75 Å². The van der Waals surface area contributed by atoms with Crippen LogP contribution in [0, 0.1) is 0 Å². The first-order valence-electron chi connectivity index (χ1n) is 7.06. The largest absolute Gasteiger partial charge is 0.573 e. The Morgan fingerprint density at radius 1 is 1.22 bits per heavy atom. The number of aliphatic carboxylic acids is 1. The van der Waals surface area contributed by atoms with Crippen LogP contribution in [0.2, 0.25) is 0 Å². The summed E-state index contributed by atoms with van der Waals surface area (Å²) in [5, 5.41) is 8.63. The van der Waals surface area contributed by atoms with Crippen molar-refractivity contribution >= 4 is 11.9 Å². The van der Waals surface area contributed by atoms with E-state index in [0.29, 0.717) is 6.54 Å². The van der Waals surface area contributed by atoms with Crippen molar-refractivity contribution in [2.75, 3.05) is 13.1 Å². The average molecular weight is 333 g/mol. The van der Waals surface area contributed by atoms with Gasteiger partial charge in [-0.3, -0.25) is 9.59 Å². The van der Waals surface area contributed by atoms with E-state index in [2.05, 4.69) is 4.74 Å². The Bertz CT molecular complexity index is 546. The van der Waals surface area contributed by atoms with E-state index in [0.717, 1.165) is 0 Å². The predicted octanol–water partition coefficient (Wildman–Crippen LogP) is 2.84. The van der Waals surface area contributed by atoms with Crippen LogP contribution in [0.3, 0.4) is 0 Å². The van der Waals surface area contributed by atoms with Crippen LogP contribution in [-0.4, -0.2) is 41.3 Å². The monoisotopic (exact) mass is 333 g/mol. The minimum atomic E-state index is -4.79. The number of amides is 1. The summed E-state index contributed by atoms with van der Waals surface area (Å²) in [6.45, 7) is 2.12. The van der Waals surface area contributed by atoms with E-state index in [1.54, 1.807) is 13.0 Å². The van der Waals surface area contributed by atoms with Gasteiger partial charge < -0.3 is 14.7 Å². The van der Waals surface area contributed by atoms with Crippen molar-refractivity contribution in [1.29, 1.82) is 0 Å². The molecule has 0 fully saturated rings. The van der Waals surface area contributed by atoms with Crippen molar-refractivity contribution in [2.24, 2.45) is 0 Å². The van der Waals surface area contributed by atoms with E-state index >= 15 is 0 Å². The lowest BCUT2D eigenvalue weighted by Gasteiger charge is -2.20. The molecule has 1 aromatic carbocycles. The van der Waals surface area contributed by atoms with Crippen LogP contribution < -0.4 is 4.74 Å². The molecule has 8 heteroatoms. The number of aryl methyl sites for hydroxylation is 1. The molecule has 0 bridgehead atoms. The fourth-order valence-electron chi connectivity index (χ4n) is 2.02. The molecule has 0 aliphatic rings. The number of carboxylic acids is 1. The third kappa shape index (κ3) is 7.03. The number of hydrogen-bond donors (Lipinski definition) is 1. The van der Waals surface area contributed by atoms with Gasteiger partial charge in [-0.2, -0.15) is 0 Å². The Kier molecular flexibility index (Phi) is 6.87. The number of nitrogens with zero attached hydrogens (tertiary/aromatic N) is 1. The van der Waals surface area contributed by atoms with Gasteiger partial charge in [0.1, 0.15) is 5.75 Å². The molecule has 1 aromatic rings. The number of carbonyl (C=O) groups excluding carboxylic acids is 1. The van der Waals surface area contributed by atoms with Gasteiger partial charge in [-0.05, 0) is 25.0 Å². The molecule has 1 N–H and O–H groups in total. The Hall–Kier alpha value is -2.25. The van der Waals surface area contributed by atoms with Crippen molar-refractivity contribution in [3.8, 4) is 5.75 Å². The van der Waals surface area contributed by atoms with Crippen molar-refractivity contribution in [2.45, 2.75) is 32.5 Å². The van der Waals surface area contributed by atoms with Gasteiger partial charge in [-0.15, -0.1) is 13.2 Å². The number of carbonyl (C=O) groups is 2. The van der Waals surface area contributed by atoms with Gasteiger partial charge >= 0.3 is 12.3 Å². The predicted molar refractivity (Wildman–Crippen MR) is 76.0 cm³/mol. The zero-order chi connectivity index (χ0) is 17.5. The minimum Gasteiger partial charge on any atom is -0.481 e. The fourth-order valence-corrected chi connectivity index (χ4v) is 2.02. The Morgan fingerprint density at radius 2 is 1.87 bits per heavy atom. The highest BCUT2D eigenvalue weighted by Crippen LogP contribution is 2.27. The molecule has 0 radical (unpaired) electrons. The molecule has 0 aromatic heterocycles. The lowest BCUT2D eigenvalue weighted by Crippen LogP contribution is -2.33. The first kappa shape index (κ1) is 18.8. The van der Waals surface area contributed by atoms with Crippen LogP contribution in [-0.2, 0) is 16.0 Å². The van der Waals surface area contributed by atoms with Crippen molar-refractivity contribution in [3.05, 3.63) is 29.8 Å². The smallest absolute Gasteiger partial charge is 0.481 e. The van der Waals surface area contributed by atoms with Gasteiger partial charge in [-0.1, -0.05) is 18.2 Å². The van der Waals surface area contributed by atoms with E-state index < -0.39 is 12.3 Å². The summed E-state index contributed by atoms with van der Waals surface area (Å²) in [6.07, 6.45) is -4.91. The van der Waals surface area contributed by atoms with Gasteiger partial charge in [0.25, 0.3) is 0 Å². The molecule has 0 aliphatic heterocycles. The van der Waals surface area contributed by atoms with Crippen molar-refractivity contribution in [1.82, 2.24) is 4.90 Å². The summed E-state index contributed by atoms with van der Waals surface area (Å²) in [4.78, 5) is 23.9. The summed E-state index contributed by atoms with van der Waals surface area (Å²) in [7, 11) is 0. The second-order valence-corrected chi connectivity index (χ2v) is 4.77. The second kappa shape index (κ2) is 8.40. The normalized spacial score (nSPS) is 11.1. The summed E-state index contributed by atoms with van der Waals surface area (Å²) in [6, 6.07) is 5.62. The highest BCUT2D eigenvalue weighted by atomic mass is 19.4. The quantitative estimate of drug-likeness (QED) is 0.794. The van der Waals surface area contributed by atoms with E-state index in [-0.39, 0.29) is 43.0 Å². The highest BCUT2D eigenvalue weighted by molar-refractivity contribution is 5.77. The van der Waals surface area contributed by atoms with Gasteiger partial charge in [-0.25, -0.2) is 0 Å². The maximum atomic E-state index is 12.3. The SMILES string of the molecule is CCN(CCC(=O)O)C(=O)CCc1ccccc1OC(F)(F)F. The molecule has 0 heterocycles. The lowest BCUT2D eigenvalue weighted by molar-refractivity contribution is -0.274. The number of carboxylic acid groups (broad SMARTS) is 1. The number of hydrogen-bond acceptors (Lipinski definition) is 3. The summed E-state index contributed by atoms with van der Waals surface area (Å²) < 4.78 is 40.9. The standard InChI is InChI=1S/C15H18F3NO4/c1-2-19(10-9-14(21)22)13(20)8-7-11-5-3-4-6-12(11)23-15(16,17)18/h3-6H,2,7-10H2,1H3,(H,21,22). The number of halogens is 3. The highest BCUT2D eigenvalue weighted by Gasteiger charge is 2.32. The van der Waals surface area contributed by atoms with Crippen LogP contribution in [0.1, 0.15) is 25.3 Å². The maximum Gasteiger partial charge on any atom is 0.573 e. The summed E-state index contributed by atoms with van der Waals surface area (Å²) >= 11 is 0. The van der Waals surface area contributed by atoms with Crippen LogP contribution in [0.25, 0.3) is 0 Å². The molecular weight excluding hydrogens is 315 g/mol. The molecule has 1 rings (SSSR count). The molecule has 0 spiro atoms. The molecule has 0 unspecified atom stereocenters. The van der Waals surface area contributed by atoms with Gasteiger partial charge in [0.05, 0.1) is 6.42 Å². The molecule has 5 nitrogen and oxygen atoms in total. The molecule has 1 amide bonds. The summed E-state index contributed by atoms with van der Waals surface area (Å²) in [5.74, 6) is -1.66. The zero-order valence-electron chi connectivity index (χ0n) is 12.6. The summed E-state index contributed by atoms with van der Waals surface area (Å²) in [5.41, 5.74) is 0.271. The second-order valence-electron chi connectivity index (χ2n) is 4.77. The van der Waals surface area contributed by atoms with E-state index in [4.69, 9.17) is 5.11 Å². The molecular formula is C15H18F3NO4. The van der Waals surface area contributed by atoms with E-state index in [9.17, 15) is 22.8 Å². The fraction of sp³-hybridized carbons (Fsp3) is 0.467. The topological polar surface area (TPSA) is 66.8 Å². The Balaban J connectivity index is 2.66. The molecule has 0 aliphatic carbocycles. The van der Waals surface area contributed by atoms with Crippen LogP contribution in [0.4, 0.5) is 13.2 Å². The van der Waals surface area contributed by atoms with Gasteiger partial charge in [0.2, 0.25) is 5.91 Å². The molecule has 0 saturated carbocycles. The van der Waals surface area contributed by atoms with Crippen LogP contribution in [0.15, 0.2) is 24.3 Å². The average Bonchev–Trinajstić information content (AvgIpc) is 2.45. The first-order chi connectivity index (χ1) is 10.7. The van der Waals surface area contributed by atoms with E-state index in [1.807, 2.05) is 0 Å². The maximum absolute atomic E-state index is 12.3. The first-order valence-corrected chi connectivity index (χ1v) is 7.06. The number of benzene rings is 1.